The minimum atomic E-state index is -0.214. The second kappa shape index (κ2) is 8.48. The van der Waals surface area contributed by atoms with Gasteiger partial charge in [0.15, 0.2) is 5.69 Å². The summed E-state index contributed by atoms with van der Waals surface area (Å²) in [5.41, 5.74) is 4.31. The number of benzene rings is 2. The Hall–Kier alpha value is -4.04. The van der Waals surface area contributed by atoms with Crippen LogP contribution in [-0.2, 0) is 6.54 Å². The molecular formula is C24H19ClN6O2. The molecule has 33 heavy (non-hydrogen) atoms. The predicted molar refractivity (Wildman–Crippen MR) is 124 cm³/mol. The van der Waals surface area contributed by atoms with Crippen molar-refractivity contribution in [2.75, 3.05) is 7.11 Å². The molecule has 2 aromatic carbocycles. The van der Waals surface area contributed by atoms with Crippen LogP contribution in [0.4, 0.5) is 0 Å². The largest absolute Gasteiger partial charge is 0.497 e. The first kappa shape index (κ1) is 20.8. The number of hydrogen-bond acceptors (Lipinski definition) is 6. The lowest BCUT2D eigenvalue weighted by Crippen LogP contribution is -2.07. The first-order valence-electron chi connectivity index (χ1n) is 10.2. The average molecular weight is 459 g/mol. The van der Waals surface area contributed by atoms with Gasteiger partial charge in [-0.15, -0.1) is 5.10 Å². The van der Waals surface area contributed by atoms with Crippen molar-refractivity contribution >= 4 is 28.3 Å². The van der Waals surface area contributed by atoms with Gasteiger partial charge < -0.3 is 9.30 Å². The van der Waals surface area contributed by atoms with Crippen molar-refractivity contribution in [2.45, 2.75) is 13.5 Å². The second-order valence-electron chi connectivity index (χ2n) is 7.53. The molecule has 8 nitrogen and oxygen atoms in total. The van der Waals surface area contributed by atoms with Gasteiger partial charge in [-0.1, -0.05) is 28.9 Å². The molecule has 0 saturated heterocycles. The van der Waals surface area contributed by atoms with E-state index in [1.165, 1.54) is 4.68 Å². The van der Waals surface area contributed by atoms with Crippen molar-refractivity contribution in [1.82, 2.24) is 29.8 Å². The number of ether oxygens (including phenoxy) is 1. The third-order valence-electron chi connectivity index (χ3n) is 5.57. The van der Waals surface area contributed by atoms with E-state index in [2.05, 4.69) is 25.1 Å². The number of hydrogen-bond donors (Lipinski definition) is 0. The van der Waals surface area contributed by atoms with Crippen LogP contribution in [0.1, 0.15) is 27.3 Å². The lowest BCUT2D eigenvalue weighted by Gasteiger charge is -2.09. The number of aromatic nitrogens is 6. The van der Waals surface area contributed by atoms with E-state index >= 15 is 0 Å². The molecule has 5 rings (SSSR count). The van der Waals surface area contributed by atoms with Crippen molar-refractivity contribution in [3.8, 4) is 11.4 Å². The fraction of sp³-hybridized carbons (Fsp3) is 0.125. The van der Waals surface area contributed by atoms with Gasteiger partial charge in [-0.2, -0.15) is 10.2 Å². The SMILES string of the molecule is COc1ccc2c(c1)c(C(=O)c1cn(-c3ccnnc3)nn1)c(C)n2Cc1ccc(Cl)cc1. The highest BCUT2D eigenvalue weighted by Gasteiger charge is 2.24. The second-order valence-corrected chi connectivity index (χ2v) is 7.97. The van der Waals surface area contributed by atoms with Crippen molar-refractivity contribution < 1.29 is 9.53 Å². The number of rotatable bonds is 6. The number of carbonyl (C=O) groups excluding carboxylic acids is 1. The van der Waals surface area contributed by atoms with Crippen LogP contribution in [0.2, 0.25) is 5.02 Å². The van der Waals surface area contributed by atoms with Gasteiger partial charge in [0.2, 0.25) is 5.78 Å². The first-order valence-corrected chi connectivity index (χ1v) is 10.6. The molecule has 0 atom stereocenters. The van der Waals surface area contributed by atoms with Crippen LogP contribution in [0.3, 0.4) is 0 Å². The fourth-order valence-corrected chi connectivity index (χ4v) is 4.02. The molecule has 164 valence electrons. The number of fused-ring (bicyclic) bond motifs is 1. The van der Waals surface area contributed by atoms with Crippen LogP contribution in [0, 0.1) is 6.92 Å². The summed E-state index contributed by atoms with van der Waals surface area (Å²) in [6, 6.07) is 15.2. The zero-order valence-corrected chi connectivity index (χ0v) is 18.7. The van der Waals surface area contributed by atoms with Crippen LogP contribution in [0.5, 0.6) is 5.75 Å². The number of ketones is 1. The quantitative estimate of drug-likeness (QED) is 0.353. The summed E-state index contributed by atoms with van der Waals surface area (Å²) in [6.45, 7) is 2.53. The molecular weight excluding hydrogens is 440 g/mol. The highest BCUT2D eigenvalue weighted by molar-refractivity contribution is 6.30. The molecule has 3 aromatic heterocycles. The first-order chi connectivity index (χ1) is 16.0. The number of carbonyl (C=O) groups is 1. The van der Waals surface area contributed by atoms with Crippen molar-refractivity contribution in [3.63, 3.8) is 0 Å². The van der Waals surface area contributed by atoms with Crippen molar-refractivity contribution in [1.29, 1.82) is 0 Å². The van der Waals surface area contributed by atoms with Crippen LogP contribution in [-0.4, -0.2) is 42.7 Å². The Morgan fingerprint density at radius 2 is 1.91 bits per heavy atom. The van der Waals surface area contributed by atoms with E-state index in [4.69, 9.17) is 16.3 Å². The molecule has 0 amide bonds. The normalized spacial score (nSPS) is 11.1. The molecule has 0 aliphatic carbocycles. The monoisotopic (exact) mass is 458 g/mol. The van der Waals surface area contributed by atoms with Gasteiger partial charge in [-0.3, -0.25) is 4.79 Å². The van der Waals surface area contributed by atoms with Crippen LogP contribution < -0.4 is 4.74 Å². The van der Waals surface area contributed by atoms with E-state index in [0.717, 1.165) is 22.2 Å². The minimum absolute atomic E-state index is 0.214. The molecule has 0 fully saturated rings. The third kappa shape index (κ3) is 3.85. The predicted octanol–water partition coefficient (Wildman–Crippen LogP) is 4.26. The van der Waals surface area contributed by atoms with E-state index in [1.807, 2.05) is 49.4 Å². The highest BCUT2D eigenvalue weighted by Crippen LogP contribution is 2.31. The molecule has 0 aliphatic rings. The molecule has 0 bridgehead atoms. The zero-order chi connectivity index (χ0) is 22.9. The van der Waals surface area contributed by atoms with E-state index in [1.54, 1.807) is 31.8 Å². The van der Waals surface area contributed by atoms with Crippen LogP contribution >= 0.6 is 11.6 Å². The summed E-state index contributed by atoms with van der Waals surface area (Å²) in [5.74, 6) is 0.459. The molecule has 9 heteroatoms. The smallest absolute Gasteiger partial charge is 0.217 e. The Kier molecular flexibility index (Phi) is 5.35. The standard InChI is InChI=1S/C24H19ClN6O2/c1-15-23(24(32)21-14-31(29-28-21)18-9-10-26-27-12-18)20-11-19(33-2)7-8-22(20)30(15)13-16-3-5-17(25)6-4-16/h3-12,14H,13H2,1-2H3. The zero-order valence-electron chi connectivity index (χ0n) is 17.9. The molecule has 0 N–H and O–H groups in total. The lowest BCUT2D eigenvalue weighted by atomic mass is 10.0. The van der Waals surface area contributed by atoms with E-state index in [9.17, 15) is 4.79 Å². The molecule has 5 aromatic rings. The molecule has 0 unspecified atom stereocenters. The third-order valence-corrected chi connectivity index (χ3v) is 5.82. The average Bonchev–Trinajstić information content (AvgIpc) is 3.44. The summed E-state index contributed by atoms with van der Waals surface area (Å²) < 4.78 is 9.04. The van der Waals surface area contributed by atoms with Gasteiger partial charge in [0.05, 0.1) is 37.0 Å². The van der Waals surface area contributed by atoms with E-state index in [0.29, 0.717) is 28.6 Å². The molecule has 3 heterocycles. The maximum absolute atomic E-state index is 13.6. The summed E-state index contributed by atoms with van der Waals surface area (Å²) in [6.07, 6.45) is 4.71. The Balaban J connectivity index is 1.61. The topological polar surface area (TPSA) is 87.7 Å². The van der Waals surface area contributed by atoms with Crippen molar-refractivity contribution in [2.24, 2.45) is 0 Å². The molecule has 0 spiro atoms. The van der Waals surface area contributed by atoms with E-state index in [-0.39, 0.29) is 11.5 Å². The highest BCUT2D eigenvalue weighted by atomic mass is 35.5. The Labute approximate surface area is 194 Å². The summed E-state index contributed by atoms with van der Waals surface area (Å²) in [4.78, 5) is 13.6. The summed E-state index contributed by atoms with van der Waals surface area (Å²) in [5, 5.41) is 17.3. The lowest BCUT2D eigenvalue weighted by molar-refractivity contribution is 0.103. The Bertz CT molecular complexity index is 1460. The van der Waals surface area contributed by atoms with Crippen LogP contribution in [0.25, 0.3) is 16.6 Å². The number of nitrogens with zero attached hydrogens (tertiary/aromatic N) is 6. The number of methoxy groups -OCH3 is 1. The van der Waals surface area contributed by atoms with Gasteiger partial charge in [0, 0.05) is 28.2 Å². The van der Waals surface area contributed by atoms with Gasteiger partial charge >= 0.3 is 0 Å². The molecule has 0 saturated carbocycles. The van der Waals surface area contributed by atoms with Gasteiger partial charge in [-0.05, 0) is 48.9 Å². The Morgan fingerprint density at radius 3 is 2.64 bits per heavy atom. The van der Waals surface area contributed by atoms with E-state index < -0.39 is 0 Å². The Morgan fingerprint density at radius 1 is 1.09 bits per heavy atom. The van der Waals surface area contributed by atoms with Gasteiger partial charge in [-0.25, -0.2) is 4.68 Å². The molecule has 0 aliphatic heterocycles. The van der Waals surface area contributed by atoms with Crippen molar-refractivity contribution in [3.05, 3.63) is 94.7 Å². The summed E-state index contributed by atoms with van der Waals surface area (Å²) >= 11 is 6.05. The molecule has 0 radical (unpaired) electrons. The van der Waals surface area contributed by atoms with Gasteiger partial charge in [0.25, 0.3) is 0 Å². The fourth-order valence-electron chi connectivity index (χ4n) is 3.89. The van der Waals surface area contributed by atoms with Gasteiger partial charge in [0.1, 0.15) is 5.75 Å². The maximum Gasteiger partial charge on any atom is 0.217 e. The van der Waals surface area contributed by atoms with Crippen LogP contribution in [0.15, 0.2) is 67.1 Å². The summed E-state index contributed by atoms with van der Waals surface area (Å²) in [7, 11) is 1.61. The minimum Gasteiger partial charge on any atom is -0.497 e. The number of halogens is 1. The maximum atomic E-state index is 13.6.